The van der Waals surface area contributed by atoms with E-state index in [1.165, 1.54) is 12.1 Å². The summed E-state index contributed by atoms with van der Waals surface area (Å²) >= 11 is 2.06. The van der Waals surface area contributed by atoms with Gasteiger partial charge in [0.2, 0.25) is 11.0 Å². The zero-order chi connectivity index (χ0) is 25.4. The summed E-state index contributed by atoms with van der Waals surface area (Å²) in [5, 5.41) is 12.8. The number of nitrogens with zero attached hydrogens (tertiary/aromatic N) is 2. The molecule has 0 spiro atoms. The summed E-state index contributed by atoms with van der Waals surface area (Å²) in [4.78, 5) is 24.4. The van der Waals surface area contributed by atoms with Crippen molar-refractivity contribution in [2.75, 3.05) is 31.8 Å². The zero-order valence-electron chi connectivity index (χ0n) is 18.6. The normalized spacial score (nSPS) is 11.1. The molecule has 0 fully saturated rings. The molecule has 0 aliphatic heterocycles. The van der Waals surface area contributed by atoms with Crippen molar-refractivity contribution < 1.29 is 32.2 Å². The fourth-order valence-corrected chi connectivity index (χ4v) is 4.55. The van der Waals surface area contributed by atoms with Crippen molar-refractivity contribution in [2.45, 2.75) is 16.9 Å². The molecule has 1 heterocycles. The van der Waals surface area contributed by atoms with Crippen molar-refractivity contribution in [3.05, 3.63) is 59.2 Å². The second-order valence-electron chi connectivity index (χ2n) is 6.95. The van der Waals surface area contributed by atoms with Crippen LogP contribution in [0.25, 0.3) is 0 Å². The molecule has 2 N–H and O–H groups in total. The van der Waals surface area contributed by atoms with Crippen molar-refractivity contribution >= 4 is 40.0 Å². The Morgan fingerprint density at radius 3 is 2.51 bits per heavy atom. The summed E-state index contributed by atoms with van der Waals surface area (Å²) in [6.07, 6.45) is -4.08. The average molecular weight is 527 g/mol. The van der Waals surface area contributed by atoms with Gasteiger partial charge in [0.05, 0.1) is 31.1 Å². The Morgan fingerprint density at radius 1 is 1.06 bits per heavy atom. The van der Waals surface area contributed by atoms with Crippen molar-refractivity contribution in [3.8, 4) is 11.5 Å². The van der Waals surface area contributed by atoms with E-state index in [1.807, 2.05) is 12.1 Å². The molecule has 0 saturated carbocycles. The number of alkyl halides is 3. The summed E-state index contributed by atoms with van der Waals surface area (Å²) in [5.41, 5.74) is -0.591. The van der Waals surface area contributed by atoms with Crippen molar-refractivity contribution in [2.24, 2.45) is 0 Å². The second kappa shape index (κ2) is 11.9. The van der Waals surface area contributed by atoms with Crippen LogP contribution in [0.5, 0.6) is 11.5 Å². The first kappa shape index (κ1) is 26.3. The lowest BCUT2D eigenvalue weighted by molar-refractivity contribution is -0.137. The first-order valence-corrected chi connectivity index (χ1v) is 11.9. The molecule has 0 saturated heterocycles. The van der Waals surface area contributed by atoms with Crippen LogP contribution in [0.4, 0.5) is 18.3 Å². The number of methoxy groups -OCH3 is 2. The Kier molecular flexibility index (Phi) is 8.93. The predicted molar refractivity (Wildman–Crippen MR) is 126 cm³/mol. The minimum Gasteiger partial charge on any atom is -0.493 e. The molecule has 0 bridgehead atoms. The van der Waals surface area contributed by atoms with E-state index in [9.17, 15) is 22.8 Å². The van der Waals surface area contributed by atoms with Gasteiger partial charge in [0.25, 0.3) is 5.91 Å². The van der Waals surface area contributed by atoms with Gasteiger partial charge in [-0.1, -0.05) is 41.3 Å². The fourth-order valence-electron chi connectivity index (χ4n) is 2.97. The SMILES string of the molecule is COc1ccc(CCNC(=O)CSc2nnc(NC(=O)c3ccccc3C(F)(F)F)s2)cc1OC. The fraction of sp³-hybridized carbons (Fsp3) is 0.273. The van der Waals surface area contributed by atoms with Crippen LogP contribution in [-0.2, 0) is 17.4 Å². The molecule has 0 radical (unpaired) electrons. The first-order chi connectivity index (χ1) is 16.7. The molecule has 13 heteroatoms. The van der Waals surface area contributed by atoms with Crippen molar-refractivity contribution in [1.82, 2.24) is 15.5 Å². The largest absolute Gasteiger partial charge is 0.493 e. The maximum Gasteiger partial charge on any atom is 0.417 e. The number of nitrogens with one attached hydrogen (secondary N) is 2. The molecular formula is C22H21F3N4O4S2. The van der Waals surface area contributed by atoms with E-state index in [1.54, 1.807) is 20.3 Å². The Labute approximate surface area is 207 Å². The van der Waals surface area contributed by atoms with Crippen LogP contribution in [0, 0.1) is 0 Å². The van der Waals surface area contributed by atoms with Gasteiger partial charge in [-0.15, -0.1) is 10.2 Å². The monoisotopic (exact) mass is 526 g/mol. The highest BCUT2D eigenvalue weighted by Gasteiger charge is 2.35. The van der Waals surface area contributed by atoms with Crippen LogP contribution >= 0.6 is 23.1 Å². The minimum atomic E-state index is -4.66. The lowest BCUT2D eigenvalue weighted by atomic mass is 10.1. The lowest BCUT2D eigenvalue weighted by Gasteiger charge is -2.11. The average Bonchev–Trinajstić information content (AvgIpc) is 3.29. The summed E-state index contributed by atoms with van der Waals surface area (Å²) in [5.74, 6) is 0.113. The van der Waals surface area contributed by atoms with Gasteiger partial charge in [-0.2, -0.15) is 13.2 Å². The van der Waals surface area contributed by atoms with E-state index >= 15 is 0 Å². The van der Waals surface area contributed by atoms with Crippen LogP contribution in [0.2, 0.25) is 0 Å². The Bertz CT molecular complexity index is 1190. The number of halogens is 3. The third kappa shape index (κ3) is 7.33. The Morgan fingerprint density at radius 2 is 1.80 bits per heavy atom. The molecule has 0 aliphatic carbocycles. The molecular weight excluding hydrogens is 505 g/mol. The van der Waals surface area contributed by atoms with E-state index in [0.717, 1.165) is 40.8 Å². The van der Waals surface area contributed by atoms with Crippen LogP contribution in [-0.4, -0.2) is 48.5 Å². The lowest BCUT2D eigenvalue weighted by Crippen LogP contribution is -2.27. The highest BCUT2D eigenvalue weighted by atomic mass is 32.2. The predicted octanol–water partition coefficient (Wildman–Crippen LogP) is 4.28. The molecule has 1 aromatic heterocycles. The number of anilines is 1. The molecule has 0 aliphatic rings. The molecule has 3 aromatic rings. The second-order valence-corrected chi connectivity index (χ2v) is 9.15. The number of ether oxygens (including phenoxy) is 2. The van der Waals surface area contributed by atoms with Gasteiger partial charge in [0.15, 0.2) is 15.8 Å². The number of hydrogen-bond acceptors (Lipinski definition) is 8. The molecule has 0 unspecified atom stereocenters. The highest BCUT2D eigenvalue weighted by Crippen LogP contribution is 2.33. The van der Waals surface area contributed by atoms with E-state index in [2.05, 4.69) is 20.8 Å². The molecule has 8 nitrogen and oxygen atoms in total. The van der Waals surface area contributed by atoms with Crippen LogP contribution in [0.15, 0.2) is 46.8 Å². The van der Waals surface area contributed by atoms with Crippen LogP contribution in [0.1, 0.15) is 21.5 Å². The Hall–Kier alpha value is -3.32. The third-order valence-electron chi connectivity index (χ3n) is 4.61. The van der Waals surface area contributed by atoms with Gasteiger partial charge in [-0.25, -0.2) is 0 Å². The number of aromatic nitrogens is 2. The number of carbonyl (C=O) groups excluding carboxylic acids is 2. The maximum absolute atomic E-state index is 13.1. The van der Waals surface area contributed by atoms with Gasteiger partial charge in [-0.05, 0) is 36.2 Å². The number of thioether (sulfide) groups is 1. The molecule has 3 rings (SSSR count). The summed E-state index contributed by atoms with van der Waals surface area (Å²) < 4.78 is 50.2. The first-order valence-electron chi connectivity index (χ1n) is 10.1. The van der Waals surface area contributed by atoms with Crippen LogP contribution < -0.4 is 20.1 Å². The highest BCUT2D eigenvalue weighted by molar-refractivity contribution is 8.01. The molecule has 2 aromatic carbocycles. The van der Waals surface area contributed by atoms with Gasteiger partial charge in [0.1, 0.15) is 0 Å². The van der Waals surface area contributed by atoms with E-state index in [4.69, 9.17) is 9.47 Å². The van der Waals surface area contributed by atoms with Gasteiger partial charge < -0.3 is 14.8 Å². The Balaban J connectivity index is 1.47. The minimum absolute atomic E-state index is 0.0309. The third-order valence-corrected chi connectivity index (χ3v) is 6.59. The molecule has 186 valence electrons. The van der Waals surface area contributed by atoms with Gasteiger partial charge in [0, 0.05) is 6.54 Å². The van der Waals surface area contributed by atoms with E-state index in [-0.39, 0.29) is 16.8 Å². The summed E-state index contributed by atoms with van der Waals surface area (Å²) in [7, 11) is 3.10. The zero-order valence-corrected chi connectivity index (χ0v) is 20.3. The topological polar surface area (TPSA) is 102 Å². The van der Waals surface area contributed by atoms with Crippen molar-refractivity contribution in [1.29, 1.82) is 0 Å². The molecule has 2 amide bonds. The number of carbonyl (C=O) groups is 2. The smallest absolute Gasteiger partial charge is 0.417 e. The number of benzene rings is 2. The number of hydrogen-bond donors (Lipinski definition) is 2. The molecule has 35 heavy (non-hydrogen) atoms. The summed E-state index contributed by atoms with van der Waals surface area (Å²) in [6.45, 7) is 0.408. The van der Waals surface area contributed by atoms with Gasteiger partial charge >= 0.3 is 6.18 Å². The van der Waals surface area contributed by atoms with Gasteiger partial charge in [-0.3, -0.25) is 14.9 Å². The number of rotatable bonds is 10. The number of amides is 2. The summed E-state index contributed by atoms with van der Waals surface area (Å²) in [6, 6.07) is 9.98. The standard InChI is InChI=1S/C22H21F3N4O4S2/c1-32-16-8-7-13(11-17(16)33-2)9-10-26-18(30)12-34-21-29-28-20(35-21)27-19(31)14-5-3-4-6-15(14)22(23,24)25/h3-8,11H,9-10,12H2,1-2H3,(H,26,30)(H,27,28,31). The molecule has 0 atom stereocenters. The van der Waals surface area contributed by atoms with E-state index in [0.29, 0.717) is 28.8 Å². The van der Waals surface area contributed by atoms with Crippen LogP contribution in [0.3, 0.4) is 0 Å². The van der Waals surface area contributed by atoms with Crippen molar-refractivity contribution in [3.63, 3.8) is 0 Å². The van der Waals surface area contributed by atoms with E-state index < -0.39 is 23.2 Å². The quantitative estimate of drug-likeness (QED) is 0.300. The maximum atomic E-state index is 13.1.